The first kappa shape index (κ1) is 16.8. The van der Waals surface area contributed by atoms with Crippen molar-refractivity contribution < 1.29 is 13.2 Å². The molecule has 0 bridgehead atoms. The van der Waals surface area contributed by atoms with Crippen molar-refractivity contribution in [2.24, 2.45) is 0 Å². The van der Waals surface area contributed by atoms with Gasteiger partial charge in [0, 0.05) is 12.6 Å². The largest absolute Gasteiger partial charge is 0.390 e. The minimum atomic E-state index is -4.03. The molecule has 0 unspecified atom stereocenters. The zero-order valence-electron chi connectivity index (χ0n) is 11.9. The molecule has 1 rings (SSSR count). The molecule has 0 aromatic heterocycles. The maximum atomic E-state index is 12.1. The lowest BCUT2D eigenvalue weighted by Crippen LogP contribution is -2.32. The highest BCUT2D eigenvalue weighted by atomic mass is 19.4. The van der Waals surface area contributed by atoms with Crippen molar-refractivity contribution in [2.75, 3.05) is 6.54 Å². The smallest absolute Gasteiger partial charge is 0.314 e. The van der Waals surface area contributed by atoms with E-state index >= 15 is 0 Å². The third-order valence-corrected chi connectivity index (χ3v) is 3.95. The molecule has 1 saturated carbocycles. The van der Waals surface area contributed by atoms with Gasteiger partial charge < -0.3 is 5.32 Å². The summed E-state index contributed by atoms with van der Waals surface area (Å²) in [7, 11) is 0. The maximum Gasteiger partial charge on any atom is 0.390 e. The first-order chi connectivity index (χ1) is 9.08. The predicted octanol–water partition coefficient (Wildman–Crippen LogP) is 5.20. The SMILES string of the molecule is FC(F)(F)CCNC1CCCCCCCCCCC1. The molecule has 4 heteroatoms. The van der Waals surface area contributed by atoms with Crippen LogP contribution in [0.2, 0.25) is 0 Å². The minimum absolute atomic E-state index is 0.0775. The van der Waals surface area contributed by atoms with Gasteiger partial charge in [0.25, 0.3) is 0 Å². The summed E-state index contributed by atoms with van der Waals surface area (Å²) in [6.45, 7) is 0.0775. The summed E-state index contributed by atoms with van der Waals surface area (Å²) >= 11 is 0. The number of rotatable bonds is 3. The molecule has 1 nitrogen and oxygen atoms in total. The molecule has 0 amide bonds. The Labute approximate surface area is 115 Å². The van der Waals surface area contributed by atoms with Gasteiger partial charge in [-0.3, -0.25) is 0 Å². The van der Waals surface area contributed by atoms with E-state index in [0.717, 1.165) is 25.7 Å². The zero-order chi connectivity index (χ0) is 14.0. The maximum absolute atomic E-state index is 12.1. The van der Waals surface area contributed by atoms with Crippen molar-refractivity contribution in [2.45, 2.75) is 89.3 Å². The summed E-state index contributed by atoms with van der Waals surface area (Å²) in [5, 5.41) is 3.11. The predicted molar refractivity (Wildman–Crippen MR) is 73.2 cm³/mol. The topological polar surface area (TPSA) is 12.0 Å². The number of alkyl halides is 3. The summed E-state index contributed by atoms with van der Waals surface area (Å²) in [5.74, 6) is 0. The Bertz CT molecular complexity index is 204. The molecule has 1 aliphatic carbocycles. The Hall–Kier alpha value is -0.250. The number of hydrogen-bond donors (Lipinski definition) is 1. The van der Waals surface area contributed by atoms with Crippen LogP contribution in [0.15, 0.2) is 0 Å². The molecule has 0 spiro atoms. The fraction of sp³-hybridized carbons (Fsp3) is 1.00. The molecule has 0 aromatic rings. The first-order valence-electron chi connectivity index (χ1n) is 7.88. The molecule has 0 aliphatic heterocycles. The lowest BCUT2D eigenvalue weighted by Gasteiger charge is -2.20. The van der Waals surface area contributed by atoms with Gasteiger partial charge >= 0.3 is 6.18 Å². The third kappa shape index (κ3) is 10.2. The van der Waals surface area contributed by atoms with Crippen LogP contribution in [0, 0.1) is 0 Å². The van der Waals surface area contributed by atoms with Gasteiger partial charge in [-0.05, 0) is 12.8 Å². The quantitative estimate of drug-likeness (QED) is 0.748. The molecule has 19 heavy (non-hydrogen) atoms. The van der Waals surface area contributed by atoms with Crippen molar-refractivity contribution in [3.8, 4) is 0 Å². The molecule has 0 atom stereocenters. The van der Waals surface area contributed by atoms with E-state index in [1.165, 1.54) is 44.9 Å². The van der Waals surface area contributed by atoms with Crippen molar-refractivity contribution in [1.82, 2.24) is 5.32 Å². The second-order valence-corrected chi connectivity index (χ2v) is 5.78. The Morgan fingerprint density at radius 1 is 0.737 bits per heavy atom. The van der Waals surface area contributed by atoms with Gasteiger partial charge in [0.05, 0.1) is 6.42 Å². The summed E-state index contributed by atoms with van der Waals surface area (Å²) in [4.78, 5) is 0. The van der Waals surface area contributed by atoms with Crippen LogP contribution in [-0.2, 0) is 0 Å². The second-order valence-electron chi connectivity index (χ2n) is 5.78. The Morgan fingerprint density at radius 3 is 1.58 bits per heavy atom. The van der Waals surface area contributed by atoms with Gasteiger partial charge in [-0.25, -0.2) is 0 Å². The van der Waals surface area contributed by atoms with Crippen LogP contribution >= 0.6 is 0 Å². The van der Waals surface area contributed by atoms with Crippen LogP contribution in [0.3, 0.4) is 0 Å². The van der Waals surface area contributed by atoms with E-state index in [9.17, 15) is 13.2 Å². The number of nitrogens with one attached hydrogen (secondary N) is 1. The molecule has 0 heterocycles. The van der Waals surface area contributed by atoms with E-state index in [-0.39, 0.29) is 6.54 Å². The van der Waals surface area contributed by atoms with Gasteiger partial charge in [-0.1, -0.05) is 57.8 Å². The fourth-order valence-corrected chi connectivity index (χ4v) is 2.79. The Kier molecular flexibility index (Phi) is 8.51. The van der Waals surface area contributed by atoms with Crippen LogP contribution in [0.25, 0.3) is 0 Å². The average Bonchev–Trinajstić information content (AvgIpc) is 2.30. The van der Waals surface area contributed by atoms with Crippen molar-refractivity contribution in [1.29, 1.82) is 0 Å². The minimum Gasteiger partial charge on any atom is -0.314 e. The van der Waals surface area contributed by atoms with E-state index in [1.54, 1.807) is 0 Å². The van der Waals surface area contributed by atoms with Crippen molar-refractivity contribution >= 4 is 0 Å². The fourth-order valence-electron chi connectivity index (χ4n) is 2.79. The van der Waals surface area contributed by atoms with Crippen molar-refractivity contribution in [3.05, 3.63) is 0 Å². The van der Waals surface area contributed by atoms with Crippen LogP contribution < -0.4 is 5.32 Å². The highest BCUT2D eigenvalue weighted by molar-refractivity contribution is 4.69. The molecule has 114 valence electrons. The standard InChI is InChI=1S/C15H28F3N/c16-15(17,18)12-13-19-14-10-8-6-4-2-1-3-5-7-9-11-14/h14,19H,1-13H2. The molecule has 1 N–H and O–H groups in total. The van der Waals surface area contributed by atoms with E-state index in [2.05, 4.69) is 5.32 Å². The number of halogens is 3. The average molecular weight is 279 g/mol. The summed E-state index contributed by atoms with van der Waals surface area (Å²) < 4.78 is 36.4. The van der Waals surface area contributed by atoms with E-state index in [0.29, 0.717) is 6.04 Å². The monoisotopic (exact) mass is 279 g/mol. The van der Waals surface area contributed by atoms with E-state index < -0.39 is 12.6 Å². The van der Waals surface area contributed by atoms with Crippen LogP contribution in [-0.4, -0.2) is 18.8 Å². The van der Waals surface area contributed by atoms with E-state index in [1.807, 2.05) is 0 Å². The Morgan fingerprint density at radius 2 is 1.16 bits per heavy atom. The molecular formula is C15H28F3N. The first-order valence-corrected chi connectivity index (χ1v) is 7.88. The van der Waals surface area contributed by atoms with Crippen LogP contribution in [0.5, 0.6) is 0 Å². The lowest BCUT2D eigenvalue weighted by molar-refractivity contribution is -0.133. The highest BCUT2D eigenvalue weighted by Crippen LogP contribution is 2.20. The summed E-state index contributed by atoms with van der Waals surface area (Å²) in [6, 6.07) is 0.293. The lowest BCUT2D eigenvalue weighted by atomic mass is 9.98. The molecule has 0 radical (unpaired) electrons. The molecule has 1 fully saturated rings. The Balaban J connectivity index is 2.22. The summed E-state index contributed by atoms with van der Waals surface area (Å²) in [5.41, 5.74) is 0. The molecule has 0 aromatic carbocycles. The van der Waals surface area contributed by atoms with Crippen molar-refractivity contribution in [3.63, 3.8) is 0 Å². The van der Waals surface area contributed by atoms with Gasteiger partial charge in [0.1, 0.15) is 0 Å². The third-order valence-electron chi connectivity index (χ3n) is 3.95. The highest BCUT2D eigenvalue weighted by Gasteiger charge is 2.26. The van der Waals surface area contributed by atoms with Gasteiger partial charge in [-0.2, -0.15) is 13.2 Å². The van der Waals surface area contributed by atoms with E-state index in [4.69, 9.17) is 0 Å². The van der Waals surface area contributed by atoms with Gasteiger partial charge in [0.15, 0.2) is 0 Å². The second kappa shape index (κ2) is 9.62. The zero-order valence-corrected chi connectivity index (χ0v) is 11.9. The van der Waals surface area contributed by atoms with Crippen LogP contribution in [0.1, 0.15) is 77.0 Å². The molecule has 0 saturated heterocycles. The normalized spacial score (nSPS) is 21.6. The van der Waals surface area contributed by atoms with Crippen LogP contribution in [0.4, 0.5) is 13.2 Å². The summed E-state index contributed by atoms with van der Waals surface area (Å²) in [6.07, 6.45) is 8.70. The van der Waals surface area contributed by atoms with Gasteiger partial charge in [0.2, 0.25) is 0 Å². The number of hydrogen-bond acceptors (Lipinski definition) is 1. The molecule has 1 aliphatic rings. The van der Waals surface area contributed by atoms with Gasteiger partial charge in [-0.15, -0.1) is 0 Å². The molecular weight excluding hydrogens is 251 g/mol.